The average Bonchev–Trinajstić information content (AvgIpc) is 3.05. The maximum absolute atomic E-state index is 12.4. The lowest BCUT2D eigenvalue weighted by molar-refractivity contribution is 0.0793. The van der Waals surface area contributed by atoms with Crippen molar-refractivity contribution in [3.63, 3.8) is 0 Å². The van der Waals surface area contributed by atoms with Crippen molar-refractivity contribution in [1.29, 1.82) is 0 Å². The first-order valence-electron chi connectivity index (χ1n) is 8.07. The zero-order valence-electron chi connectivity index (χ0n) is 13.7. The molecule has 1 aliphatic heterocycles. The van der Waals surface area contributed by atoms with Crippen LogP contribution in [0.5, 0.6) is 0 Å². The topological polar surface area (TPSA) is 58.4 Å². The highest BCUT2D eigenvalue weighted by molar-refractivity contribution is 5.96. The summed E-state index contributed by atoms with van der Waals surface area (Å²) in [5.74, 6) is 0.0762. The molecule has 2 aromatic carbocycles. The zero-order chi connectivity index (χ0) is 16.4. The second kappa shape index (κ2) is 6.32. The molecule has 1 aliphatic rings. The van der Waals surface area contributed by atoms with Gasteiger partial charge in [-0.1, -0.05) is 17.7 Å². The van der Waals surface area contributed by atoms with E-state index in [0.29, 0.717) is 11.3 Å². The summed E-state index contributed by atoms with van der Waals surface area (Å²) in [6.45, 7) is 5.84. The Kier molecular flexibility index (Phi) is 4.24. The van der Waals surface area contributed by atoms with Crippen LogP contribution in [0, 0.1) is 13.8 Å². The van der Waals surface area contributed by atoms with Crippen molar-refractivity contribution < 1.29 is 4.79 Å². The van der Waals surface area contributed by atoms with E-state index in [2.05, 4.69) is 31.3 Å². The third-order valence-corrected chi connectivity index (χ3v) is 4.34. The van der Waals surface area contributed by atoms with Gasteiger partial charge in [-0.15, -0.1) is 0 Å². The number of anilines is 3. The molecule has 3 N–H and O–H groups in total. The van der Waals surface area contributed by atoms with E-state index < -0.39 is 0 Å². The summed E-state index contributed by atoms with van der Waals surface area (Å²) in [6.07, 6.45) is 2.18. The Morgan fingerprint density at radius 3 is 2.39 bits per heavy atom. The number of nitrogens with two attached hydrogens (primary N) is 1. The van der Waals surface area contributed by atoms with Gasteiger partial charge in [0, 0.05) is 24.3 Å². The van der Waals surface area contributed by atoms with E-state index in [1.807, 2.05) is 23.1 Å². The van der Waals surface area contributed by atoms with Gasteiger partial charge in [0.25, 0.3) is 5.91 Å². The number of carbonyl (C=O) groups excluding carboxylic acids is 1. The lowest BCUT2D eigenvalue weighted by atomic mass is 10.1. The van der Waals surface area contributed by atoms with Crippen LogP contribution >= 0.6 is 0 Å². The molecule has 0 spiro atoms. The molecule has 1 heterocycles. The van der Waals surface area contributed by atoms with Gasteiger partial charge in [-0.05, 0) is 56.5 Å². The minimum absolute atomic E-state index is 0.0762. The third-order valence-electron chi connectivity index (χ3n) is 4.34. The molecule has 2 aromatic rings. The second-order valence-corrected chi connectivity index (χ2v) is 6.24. The van der Waals surface area contributed by atoms with Crippen LogP contribution in [0.15, 0.2) is 36.4 Å². The summed E-state index contributed by atoms with van der Waals surface area (Å²) < 4.78 is 0. The highest BCUT2D eigenvalue weighted by atomic mass is 16.2. The summed E-state index contributed by atoms with van der Waals surface area (Å²) in [5.41, 5.74) is 11.7. The van der Waals surface area contributed by atoms with E-state index in [4.69, 9.17) is 5.73 Å². The number of aryl methyl sites for hydroxylation is 2. The molecule has 1 fully saturated rings. The first-order chi connectivity index (χ1) is 11.0. The van der Waals surface area contributed by atoms with E-state index in [1.54, 1.807) is 6.07 Å². The van der Waals surface area contributed by atoms with Crippen molar-refractivity contribution in [3.05, 3.63) is 53.1 Å². The number of hydrogen-bond donors (Lipinski definition) is 2. The first kappa shape index (κ1) is 15.4. The number of carbonyl (C=O) groups is 1. The van der Waals surface area contributed by atoms with Crippen LogP contribution in [0.1, 0.15) is 34.3 Å². The molecule has 4 nitrogen and oxygen atoms in total. The number of nitrogens with one attached hydrogen (secondary N) is 1. The number of benzene rings is 2. The summed E-state index contributed by atoms with van der Waals surface area (Å²) in [4.78, 5) is 14.3. The van der Waals surface area contributed by atoms with Crippen molar-refractivity contribution >= 4 is 23.0 Å². The quantitative estimate of drug-likeness (QED) is 0.846. The molecule has 0 aromatic heterocycles. The predicted octanol–water partition coefficient (Wildman–Crippen LogP) is 3.87. The van der Waals surface area contributed by atoms with Crippen LogP contribution in [-0.2, 0) is 0 Å². The van der Waals surface area contributed by atoms with E-state index >= 15 is 0 Å². The number of nitrogen functional groups attached to an aromatic ring is 1. The molecular weight excluding hydrogens is 286 g/mol. The molecule has 1 saturated heterocycles. The van der Waals surface area contributed by atoms with Gasteiger partial charge in [-0.3, -0.25) is 4.79 Å². The molecule has 0 bridgehead atoms. The maximum Gasteiger partial charge on any atom is 0.253 e. The van der Waals surface area contributed by atoms with Gasteiger partial charge in [-0.25, -0.2) is 0 Å². The fourth-order valence-electron chi connectivity index (χ4n) is 3.01. The van der Waals surface area contributed by atoms with Crippen LogP contribution in [0.2, 0.25) is 0 Å². The average molecular weight is 309 g/mol. The fraction of sp³-hybridized carbons (Fsp3) is 0.316. The first-order valence-corrected chi connectivity index (χ1v) is 8.07. The van der Waals surface area contributed by atoms with Gasteiger partial charge >= 0.3 is 0 Å². The number of hydrogen-bond acceptors (Lipinski definition) is 3. The standard InChI is InChI=1S/C19H23N3O/c1-13-5-7-17(14(2)11-13)21-18-8-6-15(12-16(18)20)19(23)22-9-3-4-10-22/h5-8,11-12,21H,3-4,9-10,20H2,1-2H3. The molecular formula is C19H23N3O. The zero-order valence-corrected chi connectivity index (χ0v) is 13.7. The monoisotopic (exact) mass is 309 g/mol. The van der Waals surface area contributed by atoms with E-state index in [0.717, 1.165) is 37.3 Å². The van der Waals surface area contributed by atoms with Crippen molar-refractivity contribution in [2.75, 3.05) is 24.1 Å². The Hall–Kier alpha value is -2.49. The molecule has 3 rings (SSSR count). The van der Waals surface area contributed by atoms with Crippen LogP contribution in [0.3, 0.4) is 0 Å². The van der Waals surface area contributed by atoms with Crippen molar-refractivity contribution in [2.45, 2.75) is 26.7 Å². The largest absolute Gasteiger partial charge is 0.397 e. The number of amides is 1. The SMILES string of the molecule is Cc1ccc(Nc2ccc(C(=O)N3CCCC3)cc2N)c(C)c1. The molecule has 1 amide bonds. The van der Waals surface area contributed by atoms with Crippen LogP contribution in [-0.4, -0.2) is 23.9 Å². The second-order valence-electron chi connectivity index (χ2n) is 6.24. The van der Waals surface area contributed by atoms with E-state index in [9.17, 15) is 4.79 Å². The van der Waals surface area contributed by atoms with E-state index in [-0.39, 0.29) is 5.91 Å². The molecule has 120 valence electrons. The van der Waals surface area contributed by atoms with Gasteiger partial charge in [0.05, 0.1) is 11.4 Å². The number of rotatable bonds is 3. The van der Waals surface area contributed by atoms with Crippen molar-refractivity contribution in [3.8, 4) is 0 Å². The van der Waals surface area contributed by atoms with Gasteiger partial charge in [0.15, 0.2) is 0 Å². The molecule has 23 heavy (non-hydrogen) atoms. The Morgan fingerprint density at radius 2 is 1.74 bits per heavy atom. The normalized spacial score (nSPS) is 14.1. The molecule has 4 heteroatoms. The Morgan fingerprint density at radius 1 is 1.04 bits per heavy atom. The Bertz CT molecular complexity index is 733. The van der Waals surface area contributed by atoms with Crippen molar-refractivity contribution in [1.82, 2.24) is 4.90 Å². The lowest BCUT2D eigenvalue weighted by Gasteiger charge is -2.17. The fourth-order valence-corrected chi connectivity index (χ4v) is 3.01. The summed E-state index contributed by atoms with van der Waals surface area (Å²) in [5, 5.41) is 3.35. The van der Waals surface area contributed by atoms with Crippen LogP contribution in [0.4, 0.5) is 17.1 Å². The molecule has 0 saturated carbocycles. The van der Waals surface area contributed by atoms with Gasteiger partial charge in [0.1, 0.15) is 0 Å². The Labute approximate surface area is 137 Å². The Balaban J connectivity index is 1.80. The number of nitrogens with zero attached hydrogens (tertiary/aromatic N) is 1. The third kappa shape index (κ3) is 3.31. The minimum atomic E-state index is 0.0762. The summed E-state index contributed by atoms with van der Waals surface area (Å²) in [7, 11) is 0. The highest BCUT2D eigenvalue weighted by Gasteiger charge is 2.20. The molecule has 0 atom stereocenters. The van der Waals surface area contributed by atoms with Crippen LogP contribution < -0.4 is 11.1 Å². The maximum atomic E-state index is 12.4. The molecule has 0 radical (unpaired) electrons. The van der Waals surface area contributed by atoms with Gasteiger partial charge in [-0.2, -0.15) is 0 Å². The lowest BCUT2D eigenvalue weighted by Crippen LogP contribution is -2.27. The molecule has 0 aliphatic carbocycles. The summed E-state index contributed by atoms with van der Waals surface area (Å²) in [6, 6.07) is 11.8. The van der Waals surface area contributed by atoms with Gasteiger partial charge < -0.3 is 16.0 Å². The van der Waals surface area contributed by atoms with Crippen LogP contribution in [0.25, 0.3) is 0 Å². The summed E-state index contributed by atoms with van der Waals surface area (Å²) >= 11 is 0. The number of likely N-dealkylation sites (tertiary alicyclic amines) is 1. The molecule has 0 unspecified atom stereocenters. The smallest absolute Gasteiger partial charge is 0.253 e. The van der Waals surface area contributed by atoms with Crippen molar-refractivity contribution in [2.24, 2.45) is 0 Å². The predicted molar refractivity (Wildman–Crippen MR) is 95.2 cm³/mol. The van der Waals surface area contributed by atoms with E-state index in [1.165, 1.54) is 11.1 Å². The highest BCUT2D eigenvalue weighted by Crippen LogP contribution is 2.27. The minimum Gasteiger partial charge on any atom is -0.397 e. The van der Waals surface area contributed by atoms with Gasteiger partial charge in [0.2, 0.25) is 0 Å².